The second-order valence-electron chi connectivity index (χ2n) is 4.36. The molecule has 1 amide bonds. The van der Waals surface area contributed by atoms with Crippen molar-refractivity contribution in [3.8, 4) is 0 Å². The number of pyridine rings is 1. The van der Waals surface area contributed by atoms with Gasteiger partial charge in [-0.3, -0.25) is 19.7 Å². The van der Waals surface area contributed by atoms with Crippen LogP contribution in [0.3, 0.4) is 0 Å². The summed E-state index contributed by atoms with van der Waals surface area (Å²) in [5, 5.41) is 8.52. The van der Waals surface area contributed by atoms with Gasteiger partial charge in [-0.15, -0.1) is 0 Å². The summed E-state index contributed by atoms with van der Waals surface area (Å²) in [6.45, 7) is 0. The lowest BCUT2D eigenvalue weighted by molar-refractivity contribution is 0.0701. The minimum atomic E-state index is -3.79. The van der Waals surface area contributed by atoms with Gasteiger partial charge in [-0.25, -0.2) is 18.3 Å². The highest BCUT2D eigenvalue weighted by Gasteiger charge is 2.14. The Morgan fingerprint density at radius 1 is 1.27 bits per heavy atom. The van der Waals surface area contributed by atoms with E-state index < -0.39 is 27.5 Å². The first-order valence-corrected chi connectivity index (χ1v) is 7.70. The van der Waals surface area contributed by atoms with Crippen LogP contribution in [-0.2, 0) is 15.8 Å². The Bertz CT molecular complexity index is 795. The molecule has 0 aliphatic heterocycles. The maximum Gasteiger partial charge on any atom is 0.293 e. The normalized spacial score (nSPS) is 11.0. The third kappa shape index (κ3) is 4.24. The first-order valence-electron chi connectivity index (χ1n) is 6.05. The maximum atomic E-state index is 13.1. The average Bonchev–Trinajstić information content (AvgIpc) is 2.45. The summed E-state index contributed by atoms with van der Waals surface area (Å²) in [6.07, 6.45) is 1.21. The highest BCUT2D eigenvalue weighted by Crippen LogP contribution is 2.14. The molecule has 0 atom stereocenters. The molecule has 2 rings (SSSR count). The summed E-state index contributed by atoms with van der Waals surface area (Å²) in [5.41, 5.74) is 1.63. The minimum absolute atomic E-state index is 0.102. The fourth-order valence-corrected chi connectivity index (χ4v) is 2.91. The van der Waals surface area contributed by atoms with Gasteiger partial charge in [-0.05, 0) is 29.8 Å². The van der Waals surface area contributed by atoms with Gasteiger partial charge in [-0.1, -0.05) is 12.1 Å². The van der Waals surface area contributed by atoms with E-state index in [9.17, 15) is 17.6 Å². The molecule has 3 N–H and O–H groups in total. The number of carbonyl (C=O) groups is 1. The summed E-state index contributed by atoms with van der Waals surface area (Å²) in [6, 6.07) is 7.74. The van der Waals surface area contributed by atoms with Crippen LogP contribution in [0.15, 0.2) is 42.6 Å². The number of nitrogens with zero attached hydrogens (tertiary/aromatic N) is 1. The van der Waals surface area contributed by atoms with Crippen LogP contribution in [0, 0.1) is 5.82 Å². The zero-order valence-corrected chi connectivity index (χ0v) is 12.0. The summed E-state index contributed by atoms with van der Waals surface area (Å²) in [4.78, 5) is 14.9. The smallest absolute Gasteiger partial charge is 0.288 e. The number of amides is 1. The number of hydroxylamine groups is 1. The third-order valence-corrected chi connectivity index (χ3v) is 3.87. The first-order chi connectivity index (χ1) is 10.4. The van der Waals surface area contributed by atoms with Gasteiger partial charge in [0, 0.05) is 6.20 Å². The number of benzene rings is 1. The lowest BCUT2D eigenvalue weighted by Gasteiger charge is -2.09. The number of aromatic nitrogens is 1. The van der Waals surface area contributed by atoms with E-state index in [1.165, 1.54) is 35.9 Å². The van der Waals surface area contributed by atoms with E-state index in [0.29, 0.717) is 0 Å². The topological polar surface area (TPSA) is 108 Å². The van der Waals surface area contributed by atoms with Gasteiger partial charge in [0.1, 0.15) is 11.5 Å². The molecule has 22 heavy (non-hydrogen) atoms. The van der Waals surface area contributed by atoms with Crippen LogP contribution in [0.1, 0.15) is 16.1 Å². The third-order valence-electron chi connectivity index (χ3n) is 2.61. The van der Waals surface area contributed by atoms with Gasteiger partial charge in [0.05, 0.1) is 11.4 Å². The van der Waals surface area contributed by atoms with E-state index >= 15 is 0 Å². The largest absolute Gasteiger partial charge is 0.293 e. The average molecular weight is 325 g/mol. The number of hydrogen-bond donors (Lipinski definition) is 3. The quantitative estimate of drug-likeness (QED) is 0.567. The van der Waals surface area contributed by atoms with E-state index in [-0.39, 0.29) is 16.9 Å². The van der Waals surface area contributed by atoms with Crippen molar-refractivity contribution in [3.05, 3.63) is 59.7 Å². The number of halogens is 1. The number of rotatable bonds is 5. The predicted octanol–water partition coefficient (Wildman–Crippen LogP) is 1.28. The van der Waals surface area contributed by atoms with E-state index in [2.05, 4.69) is 9.71 Å². The second kappa shape index (κ2) is 6.50. The van der Waals surface area contributed by atoms with Crippen LogP contribution < -0.4 is 10.2 Å². The minimum Gasteiger partial charge on any atom is -0.288 e. The van der Waals surface area contributed by atoms with Crippen LogP contribution in [-0.4, -0.2) is 24.5 Å². The van der Waals surface area contributed by atoms with Crippen molar-refractivity contribution >= 4 is 21.6 Å². The van der Waals surface area contributed by atoms with Gasteiger partial charge >= 0.3 is 0 Å². The molecule has 0 spiro atoms. The molecule has 1 aromatic heterocycles. The van der Waals surface area contributed by atoms with Crippen LogP contribution >= 0.6 is 0 Å². The molecule has 0 saturated carbocycles. The van der Waals surface area contributed by atoms with E-state index in [1.807, 2.05) is 0 Å². The van der Waals surface area contributed by atoms with E-state index in [1.54, 1.807) is 0 Å². The Balaban J connectivity index is 2.17. The number of nitrogens with one attached hydrogen (secondary N) is 2. The molecule has 1 heterocycles. The zero-order valence-electron chi connectivity index (χ0n) is 11.2. The number of carbonyl (C=O) groups excluding carboxylic acids is 1. The predicted molar refractivity (Wildman–Crippen MR) is 76.1 cm³/mol. The molecule has 0 aliphatic rings. The van der Waals surface area contributed by atoms with Crippen molar-refractivity contribution in [1.29, 1.82) is 0 Å². The summed E-state index contributed by atoms with van der Waals surface area (Å²) in [5.74, 6) is -1.82. The molecule has 0 saturated heterocycles. The molecule has 0 fully saturated rings. The van der Waals surface area contributed by atoms with Gasteiger partial charge in [0.25, 0.3) is 5.91 Å². The van der Waals surface area contributed by atoms with Gasteiger partial charge < -0.3 is 0 Å². The highest BCUT2D eigenvalue weighted by molar-refractivity contribution is 7.91. The standard InChI is InChI=1S/C13H12FN3O4S/c14-10-3-1-2-9(6-10)8-22(20,21)17-11-4-5-15-12(7-11)13(18)16-19/h1-7,19H,8H2,(H,15,17)(H,16,18). The van der Waals surface area contributed by atoms with Crippen LogP contribution in [0.2, 0.25) is 0 Å². The fraction of sp³-hybridized carbons (Fsp3) is 0.0769. The molecule has 0 bridgehead atoms. The fourth-order valence-electron chi connectivity index (χ4n) is 1.74. The number of anilines is 1. The molecule has 0 aliphatic carbocycles. The van der Waals surface area contributed by atoms with Gasteiger partial charge in [0.2, 0.25) is 10.0 Å². The first kappa shape index (κ1) is 15.9. The van der Waals surface area contributed by atoms with Crippen molar-refractivity contribution in [2.24, 2.45) is 0 Å². The molecule has 0 unspecified atom stereocenters. The number of hydrogen-bond acceptors (Lipinski definition) is 5. The van der Waals surface area contributed by atoms with Crippen LogP contribution in [0.5, 0.6) is 0 Å². The number of sulfonamides is 1. The lowest BCUT2D eigenvalue weighted by atomic mass is 10.2. The van der Waals surface area contributed by atoms with Crippen LogP contribution in [0.25, 0.3) is 0 Å². The highest BCUT2D eigenvalue weighted by atomic mass is 32.2. The van der Waals surface area contributed by atoms with Crippen molar-refractivity contribution < 1.29 is 22.8 Å². The Morgan fingerprint density at radius 2 is 2.05 bits per heavy atom. The SMILES string of the molecule is O=C(NO)c1cc(NS(=O)(=O)Cc2cccc(F)c2)ccn1. The molecule has 9 heteroatoms. The Labute approximate surface area is 125 Å². The monoisotopic (exact) mass is 325 g/mol. The van der Waals surface area contributed by atoms with E-state index in [4.69, 9.17) is 5.21 Å². The van der Waals surface area contributed by atoms with Gasteiger partial charge in [-0.2, -0.15) is 0 Å². The summed E-state index contributed by atoms with van der Waals surface area (Å²) in [7, 11) is -3.79. The molecule has 116 valence electrons. The van der Waals surface area contributed by atoms with Crippen molar-refractivity contribution in [2.45, 2.75) is 5.75 Å². The Hall–Kier alpha value is -2.52. The van der Waals surface area contributed by atoms with Crippen molar-refractivity contribution in [2.75, 3.05) is 4.72 Å². The Kier molecular flexibility index (Phi) is 4.68. The van der Waals surface area contributed by atoms with Crippen molar-refractivity contribution in [3.63, 3.8) is 0 Å². The van der Waals surface area contributed by atoms with Gasteiger partial charge in [0.15, 0.2) is 0 Å². The Morgan fingerprint density at radius 3 is 2.73 bits per heavy atom. The molecular formula is C13H12FN3O4S. The summed E-state index contributed by atoms with van der Waals surface area (Å²) >= 11 is 0. The molecule has 1 aromatic carbocycles. The molecule has 7 nitrogen and oxygen atoms in total. The maximum absolute atomic E-state index is 13.1. The molecule has 2 aromatic rings. The zero-order chi connectivity index (χ0) is 16.2. The lowest BCUT2D eigenvalue weighted by Crippen LogP contribution is -2.21. The second-order valence-corrected chi connectivity index (χ2v) is 6.08. The van der Waals surface area contributed by atoms with Crippen LogP contribution in [0.4, 0.5) is 10.1 Å². The molecule has 0 radical (unpaired) electrons. The summed E-state index contributed by atoms with van der Waals surface area (Å²) < 4.78 is 39.4. The molecular weight excluding hydrogens is 313 g/mol. The van der Waals surface area contributed by atoms with E-state index in [0.717, 1.165) is 12.1 Å². The van der Waals surface area contributed by atoms with Crippen molar-refractivity contribution in [1.82, 2.24) is 10.5 Å².